The molecule has 34 heavy (non-hydrogen) atoms. The molecule has 2 aromatic rings. The van der Waals surface area contributed by atoms with Gasteiger partial charge in [-0.3, -0.25) is 4.79 Å². The molecule has 0 fully saturated rings. The van der Waals surface area contributed by atoms with Crippen molar-refractivity contribution in [2.45, 2.75) is 84.3 Å². The highest BCUT2D eigenvalue weighted by atomic mass is 32.2. The maximum atomic E-state index is 12.2. The zero-order valence-electron chi connectivity index (χ0n) is 21.4. The fraction of sp³-hybridized carbons (Fsp3) is 0.519. The second-order valence-electron chi connectivity index (χ2n) is 9.55. The molecule has 0 spiro atoms. The van der Waals surface area contributed by atoms with E-state index in [1.807, 2.05) is 26.8 Å². The second-order valence-corrected chi connectivity index (χ2v) is 11.6. The van der Waals surface area contributed by atoms with E-state index >= 15 is 0 Å². The summed E-state index contributed by atoms with van der Waals surface area (Å²) < 4.78 is 26.5. The zero-order valence-corrected chi connectivity index (χ0v) is 22.2. The van der Waals surface area contributed by atoms with Gasteiger partial charge in [-0.25, -0.2) is 8.42 Å². The summed E-state index contributed by atoms with van der Waals surface area (Å²) in [7, 11) is -3.44. The molecule has 0 bridgehead atoms. The number of aliphatic hydroxyl groups excluding tert-OH is 1. The van der Waals surface area contributed by atoms with Crippen LogP contribution in [-0.4, -0.2) is 35.4 Å². The number of carboxylic acids is 1. The number of aryl methyl sites for hydroxylation is 1. The Morgan fingerprint density at radius 1 is 1.24 bits per heavy atom. The zero-order chi connectivity index (χ0) is 25.8. The van der Waals surface area contributed by atoms with E-state index in [-0.39, 0.29) is 17.2 Å². The molecule has 1 heterocycles. The first-order valence-electron chi connectivity index (χ1n) is 11.8. The quantitative estimate of drug-likeness (QED) is 0.480. The van der Waals surface area contributed by atoms with E-state index in [0.717, 1.165) is 46.3 Å². The summed E-state index contributed by atoms with van der Waals surface area (Å²) in [5, 5.41) is 20.6. The first kappa shape index (κ1) is 27.9. The molecule has 0 saturated carbocycles. The van der Waals surface area contributed by atoms with Crippen LogP contribution in [0.1, 0.15) is 83.2 Å². The van der Waals surface area contributed by atoms with Crippen molar-refractivity contribution in [1.82, 2.24) is 4.57 Å². The summed E-state index contributed by atoms with van der Waals surface area (Å²) in [6.45, 7) is 12.5. The minimum Gasteiger partial charge on any atom is -0.481 e. The van der Waals surface area contributed by atoms with Gasteiger partial charge >= 0.3 is 5.97 Å². The highest BCUT2D eigenvalue weighted by Crippen LogP contribution is 2.44. The molecule has 1 unspecified atom stereocenters. The lowest BCUT2D eigenvalue weighted by Gasteiger charge is -2.18. The maximum absolute atomic E-state index is 12.2. The van der Waals surface area contributed by atoms with Crippen molar-refractivity contribution < 1.29 is 23.4 Å². The molecule has 1 aromatic heterocycles. The van der Waals surface area contributed by atoms with Crippen LogP contribution in [0.3, 0.4) is 0 Å². The minimum absolute atomic E-state index is 0.0428. The molecule has 3 rings (SSSR count). The van der Waals surface area contributed by atoms with Gasteiger partial charge in [-0.15, -0.1) is 0 Å². The normalized spacial score (nSPS) is 17.2. The third-order valence-corrected chi connectivity index (χ3v) is 7.31. The van der Waals surface area contributed by atoms with Gasteiger partial charge < -0.3 is 14.8 Å². The lowest BCUT2D eigenvalue weighted by molar-refractivity contribution is -0.137. The van der Waals surface area contributed by atoms with Crippen LogP contribution in [0.15, 0.2) is 40.8 Å². The fourth-order valence-corrected chi connectivity index (χ4v) is 5.27. The second kappa shape index (κ2) is 11.4. The van der Waals surface area contributed by atoms with Crippen molar-refractivity contribution in [2.75, 3.05) is 6.26 Å². The number of allylic oxidation sites excluding steroid dienone is 4. The van der Waals surface area contributed by atoms with Crippen molar-refractivity contribution in [3.63, 3.8) is 0 Å². The lowest BCUT2D eigenvalue weighted by Crippen LogP contribution is -2.12. The molecular formula is C27H39NO5S. The van der Waals surface area contributed by atoms with Gasteiger partial charge in [-0.2, -0.15) is 0 Å². The minimum atomic E-state index is -3.44. The molecule has 0 saturated heterocycles. The van der Waals surface area contributed by atoms with E-state index in [4.69, 9.17) is 0 Å². The number of hydrogen-bond acceptors (Lipinski definition) is 4. The van der Waals surface area contributed by atoms with Gasteiger partial charge in [0.2, 0.25) is 0 Å². The lowest BCUT2D eigenvalue weighted by atomic mass is 10.0. The van der Waals surface area contributed by atoms with Crippen molar-refractivity contribution in [3.05, 3.63) is 52.8 Å². The Morgan fingerprint density at radius 2 is 1.88 bits per heavy atom. The van der Waals surface area contributed by atoms with Crippen LogP contribution < -0.4 is 0 Å². The largest absolute Gasteiger partial charge is 0.481 e. The van der Waals surface area contributed by atoms with Crippen LogP contribution in [-0.2, 0) is 27.6 Å². The number of hydrogen-bond donors (Lipinski definition) is 2. The van der Waals surface area contributed by atoms with E-state index in [2.05, 4.69) is 30.6 Å². The number of nitrogens with zero attached hydrogens (tertiary/aromatic N) is 1. The Balaban J connectivity index is 0.000000604. The van der Waals surface area contributed by atoms with Crippen molar-refractivity contribution in [2.24, 2.45) is 5.92 Å². The fourth-order valence-electron chi connectivity index (χ4n) is 4.60. The summed E-state index contributed by atoms with van der Waals surface area (Å²) in [5.41, 5.74) is 4.46. The molecular weight excluding hydrogens is 450 g/mol. The molecule has 6 nitrogen and oxygen atoms in total. The monoisotopic (exact) mass is 489 g/mol. The Kier molecular flexibility index (Phi) is 9.31. The van der Waals surface area contributed by atoms with Gasteiger partial charge in [0, 0.05) is 35.4 Å². The number of rotatable bonds is 7. The Hall–Kier alpha value is -2.38. The summed E-state index contributed by atoms with van der Waals surface area (Å²) in [4.78, 5) is 11.6. The van der Waals surface area contributed by atoms with Crippen LogP contribution in [0.5, 0.6) is 0 Å². The summed E-state index contributed by atoms with van der Waals surface area (Å²) in [5.74, 6) is -0.243. The summed E-state index contributed by atoms with van der Waals surface area (Å²) in [6, 6.07) is 3.23. The van der Waals surface area contributed by atoms with E-state index in [1.165, 1.54) is 0 Å². The smallest absolute Gasteiger partial charge is 0.304 e. The first-order chi connectivity index (χ1) is 15.8. The Bertz CT molecular complexity index is 1200. The molecule has 2 N–H and O–H groups in total. The molecule has 0 radical (unpaired) electrons. The predicted octanol–water partition coefficient (Wildman–Crippen LogP) is 5.79. The van der Waals surface area contributed by atoms with E-state index in [0.29, 0.717) is 18.5 Å². The average molecular weight is 490 g/mol. The Labute approximate surface area is 203 Å². The van der Waals surface area contributed by atoms with Gasteiger partial charge in [0.25, 0.3) is 0 Å². The van der Waals surface area contributed by atoms with Crippen molar-refractivity contribution in [3.8, 4) is 0 Å². The molecule has 7 heteroatoms. The van der Waals surface area contributed by atoms with Crippen LogP contribution in [0, 0.1) is 5.92 Å². The number of carbonyl (C=O) groups is 1. The predicted molar refractivity (Wildman–Crippen MR) is 138 cm³/mol. The molecule has 0 amide bonds. The van der Waals surface area contributed by atoms with E-state index in [1.54, 1.807) is 19.1 Å². The highest BCUT2D eigenvalue weighted by Gasteiger charge is 2.33. The van der Waals surface area contributed by atoms with E-state index in [9.17, 15) is 23.4 Å². The number of sulfone groups is 1. The van der Waals surface area contributed by atoms with Gasteiger partial charge in [0.1, 0.15) is 0 Å². The first-order valence-corrected chi connectivity index (χ1v) is 13.7. The average Bonchev–Trinajstić information content (AvgIpc) is 3.26. The molecule has 1 aliphatic carbocycles. The molecule has 188 valence electrons. The van der Waals surface area contributed by atoms with Gasteiger partial charge in [0.05, 0.1) is 22.9 Å². The van der Waals surface area contributed by atoms with Gasteiger partial charge in [0.15, 0.2) is 9.84 Å². The molecule has 0 aliphatic heterocycles. The summed E-state index contributed by atoms with van der Waals surface area (Å²) in [6.07, 6.45) is 8.04. The van der Waals surface area contributed by atoms with Crippen molar-refractivity contribution >= 4 is 26.7 Å². The number of aliphatic hydroxyl groups is 1. The molecule has 2 atom stereocenters. The third kappa shape index (κ3) is 6.39. The number of aliphatic carboxylic acids is 1. The summed E-state index contributed by atoms with van der Waals surface area (Å²) >= 11 is 0. The van der Waals surface area contributed by atoms with Crippen LogP contribution in [0.4, 0.5) is 0 Å². The van der Waals surface area contributed by atoms with Gasteiger partial charge in [-0.05, 0) is 64.2 Å². The SMILES string of the molecule is C/C=C(\C)Cn1c2c(c3cc(S(C)(=O)=O)cc(C(C)O)c31)CC[C@@H]2CC(=O)O.C/C=C\C(C)C. The molecule has 1 aromatic carbocycles. The number of carboxylic acid groups (broad SMARTS) is 1. The standard InChI is InChI=1S/C21H27NO5S.C6H12/c1-5-12(2)11-22-20-14(8-19(24)25)6-7-16(20)18-10-15(28(4,26)27)9-17(13(3)23)21(18)22;1-4-5-6(2)3/h5,9-10,13-14,23H,6-8,11H2,1-4H3,(H,24,25);4-6H,1-3H3/b12-5+;5-4-/t13?,14-;/m1./s1. The molecule has 1 aliphatic rings. The van der Waals surface area contributed by atoms with Gasteiger partial charge in [-0.1, -0.05) is 37.6 Å². The van der Waals surface area contributed by atoms with E-state index < -0.39 is 21.9 Å². The van der Waals surface area contributed by atoms with Crippen molar-refractivity contribution in [1.29, 1.82) is 0 Å². The van der Waals surface area contributed by atoms with Crippen LogP contribution in [0.25, 0.3) is 10.9 Å². The Morgan fingerprint density at radius 3 is 2.32 bits per heavy atom. The topological polar surface area (TPSA) is 96.6 Å². The number of aromatic nitrogens is 1. The third-order valence-electron chi connectivity index (χ3n) is 6.21. The number of fused-ring (bicyclic) bond motifs is 3. The van der Waals surface area contributed by atoms with Crippen LogP contribution in [0.2, 0.25) is 0 Å². The maximum Gasteiger partial charge on any atom is 0.304 e. The number of benzene rings is 1. The van der Waals surface area contributed by atoms with Crippen LogP contribution >= 0.6 is 0 Å². The highest BCUT2D eigenvalue weighted by molar-refractivity contribution is 7.90.